The van der Waals surface area contributed by atoms with Crippen LogP contribution < -0.4 is 10.1 Å². The summed E-state index contributed by atoms with van der Waals surface area (Å²) >= 11 is 1.31. The summed E-state index contributed by atoms with van der Waals surface area (Å²) in [5, 5.41) is 14.0. The summed E-state index contributed by atoms with van der Waals surface area (Å²) in [6, 6.07) is 2.74. The summed E-state index contributed by atoms with van der Waals surface area (Å²) in [5.74, 6) is -2.19. The molecule has 1 aliphatic carbocycles. The Bertz CT molecular complexity index is 942. The summed E-state index contributed by atoms with van der Waals surface area (Å²) in [6.07, 6.45) is 2.50. The van der Waals surface area contributed by atoms with Crippen LogP contribution in [0.4, 0.5) is 15.1 Å². The number of aryl methyl sites for hydroxylation is 1. The number of rotatable bonds is 7. The van der Waals surface area contributed by atoms with Crippen LogP contribution >= 0.6 is 11.3 Å². The van der Waals surface area contributed by atoms with Crippen molar-refractivity contribution in [3.05, 3.63) is 50.1 Å². The molecular weight excluding hydrogens is 391 g/mol. The van der Waals surface area contributed by atoms with Crippen molar-refractivity contribution in [2.24, 2.45) is 0 Å². The van der Waals surface area contributed by atoms with Gasteiger partial charge in [0.1, 0.15) is 10.8 Å². The monoisotopic (exact) mass is 408 g/mol. The van der Waals surface area contributed by atoms with E-state index < -0.39 is 34.9 Å². The van der Waals surface area contributed by atoms with Gasteiger partial charge in [-0.05, 0) is 37.8 Å². The third kappa shape index (κ3) is 4.11. The minimum atomic E-state index is -0.727. The van der Waals surface area contributed by atoms with Crippen molar-refractivity contribution in [3.8, 4) is 5.75 Å². The molecule has 1 aliphatic rings. The maximum absolute atomic E-state index is 13.3. The van der Waals surface area contributed by atoms with Crippen molar-refractivity contribution in [1.29, 1.82) is 0 Å². The number of nitro benzene ring substituents is 1. The molecular formula is C18H17FN2O6S. The van der Waals surface area contributed by atoms with Crippen LogP contribution in [-0.2, 0) is 22.4 Å². The lowest BCUT2D eigenvalue weighted by atomic mass is 10.1. The second-order valence-electron chi connectivity index (χ2n) is 5.99. The number of esters is 1. The van der Waals surface area contributed by atoms with Crippen LogP contribution in [0, 0.1) is 15.9 Å². The second kappa shape index (κ2) is 8.34. The highest BCUT2D eigenvalue weighted by Crippen LogP contribution is 2.39. The number of nitrogens with zero attached hydrogens (tertiary/aromatic N) is 1. The quantitative estimate of drug-likeness (QED) is 0.427. The lowest BCUT2D eigenvalue weighted by molar-refractivity contribution is -0.385. The number of amides is 1. The van der Waals surface area contributed by atoms with E-state index in [0.29, 0.717) is 10.6 Å². The fraction of sp³-hybridized carbons (Fsp3) is 0.333. The molecule has 1 amide bonds. The van der Waals surface area contributed by atoms with E-state index in [2.05, 4.69) is 5.32 Å². The minimum absolute atomic E-state index is 0.211. The topological polar surface area (TPSA) is 108 Å². The van der Waals surface area contributed by atoms with E-state index in [1.54, 1.807) is 6.92 Å². The van der Waals surface area contributed by atoms with E-state index >= 15 is 0 Å². The fourth-order valence-corrected chi connectivity index (χ4v) is 4.27. The van der Waals surface area contributed by atoms with Gasteiger partial charge in [0, 0.05) is 17.0 Å². The van der Waals surface area contributed by atoms with Crippen LogP contribution in [0.5, 0.6) is 5.75 Å². The molecule has 0 bridgehead atoms. The largest absolute Gasteiger partial charge is 0.477 e. The zero-order valence-electron chi connectivity index (χ0n) is 15.0. The zero-order valence-corrected chi connectivity index (χ0v) is 15.8. The van der Waals surface area contributed by atoms with Gasteiger partial charge >= 0.3 is 11.7 Å². The molecule has 0 saturated carbocycles. The Morgan fingerprint density at radius 3 is 2.86 bits per heavy atom. The van der Waals surface area contributed by atoms with Gasteiger partial charge in [0.15, 0.2) is 6.61 Å². The van der Waals surface area contributed by atoms with E-state index in [4.69, 9.17) is 9.47 Å². The molecule has 0 unspecified atom stereocenters. The highest BCUT2D eigenvalue weighted by atomic mass is 32.1. The number of nitrogens with one attached hydrogen (secondary N) is 1. The second-order valence-corrected chi connectivity index (χ2v) is 7.09. The molecule has 0 saturated heterocycles. The van der Waals surface area contributed by atoms with Crippen LogP contribution in [0.3, 0.4) is 0 Å². The standard InChI is InChI=1S/C18H17FN2O6S/c1-2-26-18(23)16-11-4-3-5-14(11)28-17(16)20-15(22)9-27-13-8-10(19)6-7-12(13)21(24)25/h6-8H,2-5,9H2,1H3,(H,20,22). The van der Waals surface area contributed by atoms with E-state index in [1.165, 1.54) is 11.3 Å². The third-order valence-corrected chi connectivity index (χ3v) is 5.34. The highest BCUT2D eigenvalue weighted by molar-refractivity contribution is 7.17. The normalized spacial score (nSPS) is 12.4. The van der Waals surface area contributed by atoms with Crippen molar-refractivity contribution >= 4 is 33.9 Å². The fourth-order valence-electron chi connectivity index (χ4n) is 2.97. The van der Waals surface area contributed by atoms with Gasteiger partial charge in [-0.3, -0.25) is 14.9 Å². The molecule has 1 aromatic heterocycles. The van der Waals surface area contributed by atoms with Crippen LogP contribution in [0.2, 0.25) is 0 Å². The third-order valence-electron chi connectivity index (χ3n) is 4.13. The summed E-state index contributed by atoms with van der Waals surface area (Å²) in [7, 11) is 0. The van der Waals surface area contributed by atoms with E-state index in [-0.39, 0.29) is 12.4 Å². The molecule has 0 spiro atoms. The number of thiophene rings is 1. The van der Waals surface area contributed by atoms with Gasteiger partial charge in [0.25, 0.3) is 5.91 Å². The number of nitro groups is 1. The maximum Gasteiger partial charge on any atom is 0.341 e. The molecule has 0 radical (unpaired) electrons. The van der Waals surface area contributed by atoms with Crippen LogP contribution in [0.25, 0.3) is 0 Å². The summed E-state index contributed by atoms with van der Waals surface area (Å²) < 4.78 is 23.6. The molecule has 28 heavy (non-hydrogen) atoms. The Labute approximate surface area is 163 Å². The van der Waals surface area contributed by atoms with Crippen molar-refractivity contribution in [2.75, 3.05) is 18.5 Å². The highest BCUT2D eigenvalue weighted by Gasteiger charge is 2.28. The first-order valence-corrected chi connectivity index (χ1v) is 9.40. The van der Waals surface area contributed by atoms with Gasteiger partial charge in [-0.1, -0.05) is 0 Å². The molecule has 10 heteroatoms. The number of carbonyl (C=O) groups excluding carboxylic acids is 2. The summed E-state index contributed by atoms with van der Waals surface area (Å²) in [6.45, 7) is 1.33. The molecule has 148 valence electrons. The van der Waals surface area contributed by atoms with E-state index in [9.17, 15) is 24.1 Å². The van der Waals surface area contributed by atoms with Gasteiger partial charge in [0.05, 0.1) is 17.1 Å². The molecule has 2 aromatic rings. The Morgan fingerprint density at radius 1 is 1.36 bits per heavy atom. The predicted molar refractivity (Wildman–Crippen MR) is 99.5 cm³/mol. The van der Waals surface area contributed by atoms with Gasteiger partial charge in [-0.2, -0.15) is 0 Å². The number of anilines is 1. The van der Waals surface area contributed by atoms with Crippen molar-refractivity contribution in [3.63, 3.8) is 0 Å². The molecule has 0 atom stereocenters. The molecule has 1 heterocycles. The van der Waals surface area contributed by atoms with Crippen LogP contribution in [0.15, 0.2) is 18.2 Å². The van der Waals surface area contributed by atoms with Gasteiger partial charge in [-0.15, -0.1) is 11.3 Å². The number of hydrogen-bond acceptors (Lipinski definition) is 7. The number of carbonyl (C=O) groups is 2. The molecule has 1 aromatic carbocycles. The summed E-state index contributed by atoms with van der Waals surface area (Å²) in [4.78, 5) is 35.8. The van der Waals surface area contributed by atoms with Crippen molar-refractivity contribution in [1.82, 2.24) is 0 Å². The molecule has 0 aliphatic heterocycles. The lowest BCUT2D eigenvalue weighted by Crippen LogP contribution is -2.21. The lowest BCUT2D eigenvalue weighted by Gasteiger charge is -2.09. The number of benzene rings is 1. The first kappa shape index (κ1) is 19.7. The molecule has 8 nitrogen and oxygen atoms in total. The van der Waals surface area contributed by atoms with Crippen LogP contribution in [0.1, 0.15) is 34.1 Å². The first-order chi connectivity index (χ1) is 13.4. The minimum Gasteiger partial charge on any atom is -0.477 e. The Hall–Kier alpha value is -3.01. The number of ether oxygens (including phenoxy) is 2. The van der Waals surface area contributed by atoms with Gasteiger partial charge in [-0.25, -0.2) is 9.18 Å². The molecule has 3 rings (SSSR count). The Balaban J connectivity index is 1.74. The number of halogens is 1. The Kier molecular flexibility index (Phi) is 5.88. The molecule has 1 N–H and O–H groups in total. The Morgan fingerprint density at radius 2 is 2.14 bits per heavy atom. The van der Waals surface area contributed by atoms with Gasteiger partial charge in [0.2, 0.25) is 5.75 Å². The van der Waals surface area contributed by atoms with E-state index in [1.807, 2.05) is 0 Å². The SMILES string of the molecule is CCOC(=O)c1c(NC(=O)COc2cc(F)ccc2[N+](=O)[O-])sc2c1CCC2. The van der Waals surface area contributed by atoms with E-state index in [0.717, 1.165) is 47.9 Å². The van der Waals surface area contributed by atoms with Crippen molar-refractivity contribution in [2.45, 2.75) is 26.2 Å². The maximum atomic E-state index is 13.3. The zero-order chi connectivity index (χ0) is 20.3. The van der Waals surface area contributed by atoms with Crippen LogP contribution in [-0.4, -0.2) is 30.0 Å². The number of hydrogen-bond donors (Lipinski definition) is 1. The molecule has 0 fully saturated rings. The predicted octanol–water partition coefficient (Wildman–Crippen LogP) is 3.48. The number of fused-ring (bicyclic) bond motifs is 1. The average molecular weight is 408 g/mol. The smallest absolute Gasteiger partial charge is 0.341 e. The van der Waals surface area contributed by atoms with Gasteiger partial charge < -0.3 is 14.8 Å². The van der Waals surface area contributed by atoms with Crippen molar-refractivity contribution < 1.29 is 28.4 Å². The summed E-state index contributed by atoms with van der Waals surface area (Å²) in [5.41, 5.74) is 0.793. The average Bonchev–Trinajstić information content (AvgIpc) is 3.20. The first-order valence-electron chi connectivity index (χ1n) is 8.59.